The van der Waals surface area contributed by atoms with Gasteiger partial charge < -0.3 is 9.73 Å². The van der Waals surface area contributed by atoms with E-state index in [1.807, 2.05) is 24.3 Å². The van der Waals surface area contributed by atoms with Crippen molar-refractivity contribution < 1.29 is 9.21 Å². The highest BCUT2D eigenvalue weighted by Gasteiger charge is 2.22. The number of furan rings is 1. The number of thioether (sulfide) groups is 1. The number of aromatic nitrogens is 1. The van der Waals surface area contributed by atoms with E-state index < -0.39 is 0 Å². The van der Waals surface area contributed by atoms with Crippen LogP contribution in [-0.2, 0) is 4.79 Å². The Bertz CT molecular complexity index is 994. The van der Waals surface area contributed by atoms with E-state index >= 15 is 0 Å². The number of hydrogen-bond acceptors (Lipinski definition) is 5. The normalized spacial score (nSPS) is 16.9. The molecule has 1 N–H and O–H groups in total. The highest BCUT2D eigenvalue weighted by molar-refractivity contribution is 9.10. The first kappa shape index (κ1) is 13.9. The number of hydrogen-bond donors (Lipinski definition) is 1. The molecule has 108 valence electrons. The number of rotatable bonds is 1. The van der Waals surface area contributed by atoms with Crippen molar-refractivity contribution >= 4 is 78.1 Å². The van der Waals surface area contributed by atoms with Gasteiger partial charge in [-0.25, -0.2) is 0 Å². The standard InChI is InChI=1S/C15H7BrN2O2S2/c16-8-1-2-11-10(4-8)13-7(6-17-11)3-9(20-13)5-12-14(19)18-15(21)22-12/h1-6H,(H,18,19,21)/b12-5-. The van der Waals surface area contributed by atoms with Crippen molar-refractivity contribution in [3.8, 4) is 0 Å². The monoisotopic (exact) mass is 390 g/mol. The first-order valence-electron chi connectivity index (χ1n) is 6.33. The molecule has 0 spiro atoms. The topological polar surface area (TPSA) is 55.1 Å². The maximum absolute atomic E-state index is 11.7. The Morgan fingerprint density at radius 2 is 2.23 bits per heavy atom. The largest absolute Gasteiger partial charge is 0.456 e. The van der Waals surface area contributed by atoms with E-state index in [0.29, 0.717) is 15.0 Å². The van der Waals surface area contributed by atoms with Crippen LogP contribution in [0.1, 0.15) is 5.76 Å². The maximum Gasteiger partial charge on any atom is 0.263 e. The fraction of sp³-hybridized carbons (Fsp3) is 0. The van der Waals surface area contributed by atoms with Crippen LogP contribution in [-0.4, -0.2) is 15.2 Å². The summed E-state index contributed by atoms with van der Waals surface area (Å²) in [7, 11) is 0. The first-order valence-corrected chi connectivity index (χ1v) is 8.34. The first-order chi connectivity index (χ1) is 10.6. The van der Waals surface area contributed by atoms with Gasteiger partial charge in [0.2, 0.25) is 0 Å². The Kier molecular flexibility index (Phi) is 3.28. The van der Waals surface area contributed by atoms with Crippen molar-refractivity contribution in [1.29, 1.82) is 0 Å². The summed E-state index contributed by atoms with van der Waals surface area (Å²) in [5.41, 5.74) is 1.61. The predicted octanol–water partition coefficient (Wildman–Crippen LogP) is 4.23. The molecular formula is C15H7BrN2O2S2. The molecule has 1 aromatic carbocycles. The number of amides is 1. The molecular weight excluding hydrogens is 384 g/mol. The van der Waals surface area contributed by atoms with Crippen LogP contribution in [0, 0.1) is 0 Å². The van der Waals surface area contributed by atoms with E-state index in [2.05, 4.69) is 26.2 Å². The minimum Gasteiger partial charge on any atom is -0.456 e. The Morgan fingerprint density at radius 3 is 3.00 bits per heavy atom. The third-order valence-corrected chi connectivity index (χ3v) is 4.90. The van der Waals surface area contributed by atoms with E-state index in [-0.39, 0.29) is 5.91 Å². The number of benzene rings is 1. The Morgan fingerprint density at radius 1 is 1.36 bits per heavy atom. The molecule has 0 atom stereocenters. The molecule has 4 rings (SSSR count). The number of halogens is 1. The predicted molar refractivity (Wildman–Crippen MR) is 95.5 cm³/mol. The molecule has 3 aromatic rings. The van der Waals surface area contributed by atoms with Gasteiger partial charge in [-0.2, -0.15) is 0 Å². The summed E-state index contributed by atoms with van der Waals surface area (Å²) in [6, 6.07) is 7.70. The van der Waals surface area contributed by atoms with Crippen LogP contribution in [0.3, 0.4) is 0 Å². The molecule has 3 heterocycles. The zero-order valence-corrected chi connectivity index (χ0v) is 14.1. The molecule has 1 saturated heterocycles. The minimum absolute atomic E-state index is 0.193. The summed E-state index contributed by atoms with van der Waals surface area (Å²) in [6.45, 7) is 0. The van der Waals surface area contributed by atoms with Gasteiger partial charge >= 0.3 is 0 Å². The molecule has 0 saturated carbocycles. The highest BCUT2D eigenvalue weighted by atomic mass is 79.9. The molecule has 22 heavy (non-hydrogen) atoms. The van der Waals surface area contributed by atoms with Crippen molar-refractivity contribution in [3.05, 3.63) is 45.6 Å². The van der Waals surface area contributed by atoms with Crippen molar-refractivity contribution in [1.82, 2.24) is 10.3 Å². The second-order valence-corrected chi connectivity index (χ2v) is 7.34. The molecule has 2 aromatic heterocycles. The number of nitrogens with zero attached hydrogens (tertiary/aromatic N) is 1. The van der Waals surface area contributed by atoms with E-state index in [4.69, 9.17) is 16.6 Å². The number of thiocarbonyl (C=S) groups is 1. The fourth-order valence-corrected chi connectivity index (χ4v) is 3.68. The van der Waals surface area contributed by atoms with Crippen LogP contribution in [0.25, 0.3) is 27.9 Å². The van der Waals surface area contributed by atoms with Crippen molar-refractivity contribution in [2.24, 2.45) is 0 Å². The Balaban J connectivity index is 1.89. The lowest BCUT2D eigenvalue weighted by Crippen LogP contribution is -2.17. The van der Waals surface area contributed by atoms with Crippen LogP contribution in [0.5, 0.6) is 0 Å². The summed E-state index contributed by atoms with van der Waals surface area (Å²) in [6.07, 6.45) is 3.46. The second kappa shape index (κ2) is 5.19. The fourth-order valence-electron chi connectivity index (χ4n) is 2.29. The van der Waals surface area contributed by atoms with E-state index in [1.54, 1.807) is 12.3 Å². The SMILES string of the molecule is O=C1NC(=S)S/C1=C\c1cc2cnc3ccc(Br)cc3c2o1. The maximum atomic E-state index is 11.7. The molecule has 0 aliphatic carbocycles. The molecule has 1 aliphatic rings. The molecule has 1 amide bonds. The molecule has 1 fully saturated rings. The van der Waals surface area contributed by atoms with Crippen LogP contribution in [0.4, 0.5) is 0 Å². The Labute approximate surface area is 143 Å². The Hall–Kier alpha value is -1.70. The van der Waals surface area contributed by atoms with Crippen LogP contribution in [0.15, 0.2) is 44.3 Å². The van der Waals surface area contributed by atoms with Crippen LogP contribution < -0.4 is 5.32 Å². The lowest BCUT2D eigenvalue weighted by Gasteiger charge is -1.98. The number of pyridine rings is 1. The van der Waals surface area contributed by atoms with Gasteiger partial charge in [-0.15, -0.1) is 0 Å². The number of carbonyl (C=O) groups is 1. The van der Waals surface area contributed by atoms with E-state index in [9.17, 15) is 4.79 Å². The summed E-state index contributed by atoms with van der Waals surface area (Å²) >= 11 is 9.67. The van der Waals surface area contributed by atoms with Crippen LogP contribution in [0.2, 0.25) is 0 Å². The molecule has 0 radical (unpaired) electrons. The summed E-state index contributed by atoms with van der Waals surface area (Å²) in [4.78, 5) is 16.7. The van der Waals surface area contributed by atoms with Gasteiger partial charge in [-0.1, -0.05) is 39.9 Å². The molecule has 0 bridgehead atoms. The lowest BCUT2D eigenvalue weighted by atomic mass is 10.2. The smallest absolute Gasteiger partial charge is 0.263 e. The van der Waals surface area contributed by atoms with Gasteiger partial charge in [-0.3, -0.25) is 9.78 Å². The second-order valence-electron chi connectivity index (χ2n) is 4.71. The highest BCUT2D eigenvalue weighted by Crippen LogP contribution is 2.31. The summed E-state index contributed by atoms with van der Waals surface area (Å²) in [5, 5.41) is 4.40. The average Bonchev–Trinajstić information content (AvgIpc) is 3.02. The number of fused-ring (bicyclic) bond motifs is 3. The van der Waals surface area contributed by atoms with Crippen molar-refractivity contribution in [2.75, 3.05) is 0 Å². The molecule has 4 nitrogen and oxygen atoms in total. The zero-order valence-electron chi connectivity index (χ0n) is 10.9. The van der Waals surface area contributed by atoms with Gasteiger partial charge in [0, 0.05) is 27.5 Å². The molecule has 1 aliphatic heterocycles. The molecule has 0 unspecified atom stereocenters. The number of carbonyl (C=O) groups excluding carboxylic acids is 1. The van der Waals surface area contributed by atoms with Crippen LogP contribution >= 0.6 is 39.9 Å². The summed E-state index contributed by atoms with van der Waals surface area (Å²) < 4.78 is 7.33. The van der Waals surface area contributed by atoms with Gasteiger partial charge in [0.1, 0.15) is 15.7 Å². The quantitative estimate of drug-likeness (QED) is 0.497. The van der Waals surface area contributed by atoms with Gasteiger partial charge in [-0.05, 0) is 24.3 Å². The summed E-state index contributed by atoms with van der Waals surface area (Å²) in [5.74, 6) is 0.410. The van der Waals surface area contributed by atoms with Crippen molar-refractivity contribution in [3.63, 3.8) is 0 Å². The lowest BCUT2D eigenvalue weighted by molar-refractivity contribution is -0.115. The third kappa shape index (κ3) is 2.35. The van der Waals surface area contributed by atoms with Crippen molar-refractivity contribution in [2.45, 2.75) is 0 Å². The van der Waals surface area contributed by atoms with E-state index in [0.717, 1.165) is 26.3 Å². The van der Waals surface area contributed by atoms with Gasteiger partial charge in [0.05, 0.1) is 10.4 Å². The van der Waals surface area contributed by atoms with Gasteiger partial charge in [0.25, 0.3) is 5.91 Å². The molecule has 7 heteroatoms. The zero-order chi connectivity index (χ0) is 15.3. The average molecular weight is 391 g/mol. The third-order valence-electron chi connectivity index (χ3n) is 3.24. The van der Waals surface area contributed by atoms with E-state index in [1.165, 1.54) is 11.8 Å². The minimum atomic E-state index is -0.193. The van der Waals surface area contributed by atoms with Gasteiger partial charge in [0.15, 0.2) is 0 Å². The number of nitrogens with one attached hydrogen (secondary N) is 1.